The first-order valence-electron chi connectivity index (χ1n) is 9.74. The molecule has 0 spiro atoms. The van der Waals surface area contributed by atoms with Crippen LogP contribution >= 0.6 is 0 Å². The smallest absolute Gasteiger partial charge is 0.332 e. The van der Waals surface area contributed by atoms with Gasteiger partial charge in [-0.15, -0.1) is 0 Å². The summed E-state index contributed by atoms with van der Waals surface area (Å²) in [4.78, 5) is 28.8. The monoisotopic (exact) mass is 386 g/mol. The Morgan fingerprint density at radius 3 is 2.75 bits per heavy atom. The summed E-state index contributed by atoms with van der Waals surface area (Å²) in [6.07, 6.45) is 1.71. The number of carbonyl (C=O) groups excluding carboxylic acids is 1. The van der Waals surface area contributed by atoms with E-state index in [4.69, 9.17) is 14.5 Å². The van der Waals surface area contributed by atoms with Gasteiger partial charge in [0, 0.05) is 21.8 Å². The normalized spacial score (nSPS) is 33.6. The molecule has 4 rings (SSSR count). The summed E-state index contributed by atoms with van der Waals surface area (Å²) < 4.78 is 11.3. The molecule has 0 amide bonds. The van der Waals surface area contributed by atoms with E-state index in [0.717, 1.165) is 18.6 Å². The maximum atomic E-state index is 12.9. The number of aliphatic imine (C=N–C) groups is 1. The van der Waals surface area contributed by atoms with Gasteiger partial charge in [0.25, 0.3) is 0 Å². The van der Waals surface area contributed by atoms with E-state index in [1.807, 2.05) is 0 Å². The van der Waals surface area contributed by atoms with Crippen molar-refractivity contribution >= 4 is 11.7 Å². The molecule has 0 N–H and O–H groups in total. The highest BCUT2D eigenvalue weighted by Crippen LogP contribution is 2.65. The minimum atomic E-state index is -0.931. The quantitative estimate of drug-likeness (QED) is 0.440. The predicted molar refractivity (Wildman–Crippen MR) is 103 cm³/mol. The number of rotatable bonds is 5. The van der Waals surface area contributed by atoms with Crippen molar-refractivity contribution < 1.29 is 19.2 Å². The highest BCUT2D eigenvalue weighted by atomic mass is 16.6. The third-order valence-electron chi connectivity index (χ3n) is 7.53. The van der Waals surface area contributed by atoms with Crippen molar-refractivity contribution in [3.63, 3.8) is 0 Å². The third-order valence-corrected chi connectivity index (χ3v) is 7.53. The van der Waals surface area contributed by atoms with E-state index in [-0.39, 0.29) is 22.9 Å². The average molecular weight is 386 g/mol. The van der Waals surface area contributed by atoms with Crippen molar-refractivity contribution in [3.8, 4) is 5.75 Å². The second-order valence-electron chi connectivity index (χ2n) is 8.88. The van der Waals surface area contributed by atoms with Crippen LogP contribution in [0.3, 0.4) is 0 Å². The summed E-state index contributed by atoms with van der Waals surface area (Å²) in [6.45, 7) is 6.20. The fourth-order valence-corrected chi connectivity index (χ4v) is 5.54. The fourth-order valence-electron chi connectivity index (χ4n) is 5.54. The van der Waals surface area contributed by atoms with E-state index in [9.17, 15) is 14.9 Å². The van der Waals surface area contributed by atoms with Crippen LogP contribution in [0.15, 0.2) is 29.3 Å². The molecule has 0 radical (unpaired) electrons. The fraction of sp³-hybridized carbons (Fsp3) is 0.619. The van der Waals surface area contributed by atoms with Gasteiger partial charge in [0.1, 0.15) is 11.9 Å². The zero-order valence-corrected chi connectivity index (χ0v) is 16.7. The minimum Gasteiger partial charge on any atom is -0.496 e. The number of ether oxygens (including phenoxy) is 2. The minimum absolute atomic E-state index is 0.0191. The molecule has 150 valence electrons. The molecule has 1 aromatic carbocycles. The van der Waals surface area contributed by atoms with Crippen LogP contribution in [0.2, 0.25) is 0 Å². The van der Waals surface area contributed by atoms with Crippen molar-refractivity contribution in [2.75, 3.05) is 13.7 Å². The number of hydrogen-bond acceptors (Lipinski definition) is 6. The number of para-hydroxylation sites is 1. The van der Waals surface area contributed by atoms with Gasteiger partial charge in [-0.1, -0.05) is 39.0 Å². The Bertz CT molecular complexity index is 864. The van der Waals surface area contributed by atoms with Crippen molar-refractivity contribution in [2.24, 2.45) is 21.7 Å². The molecule has 3 aliphatic rings. The lowest BCUT2D eigenvalue weighted by molar-refractivity contribution is -0.483. The molecule has 7 nitrogen and oxygen atoms in total. The van der Waals surface area contributed by atoms with Crippen LogP contribution in [0.5, 0.6) is 5.75 Å². The summed E-state index contributed by atoms with van der Waals surface area (Å²) in [5.74, 6) is -0.443. The van der Waals surface area contributed by atoms with Crippen LogP contribution in [-0.4, -0.2) is 42.4 Å². The SMILES string of the molecule is COc1ccccc1[C@@H](C[N+](=O)[O-])[C@@H]1N=C2[C@H](OC1=O)[C@H]1CC[C@]2(C)C1(C)C. The number of benzene rings is 1. The standard InChI is InChI=1S/C21H26N2O5/c1-20(2)14-9-10-21(20,3)18-17(14)28-19(24)16(22-18)13(11-23(25)26)12-7-5-6-8-15(12)27-4/h5-8,13-14,16-17H,9-11H2,1-4H3/t13-,14-,16+,17-,21+/m1/s1. The van der Waals surface area contributed by atoms with Crippen LogP contribution in [-0.2, 0) is 9.53 Å². The first-order valence-corrected chi connectivity index (χ1v) is 9.74. The second-order valence-corrected chi connectivity index (χ2v) is 8.88. The Morgan fingerprint density at radius 1 is 1.36 bits per heavy atom. The highest BCUT2D eigenvalue weighted by molar-refractivity contribution is 6.03. The van der Waals surface area contributed by atoms with Gasteiger partial charge >= 0.3 is 5.97 Å². The van der Waals surface area contributed by atoms with Gasteiger partial charge in [-0.3, -0.25) is 15.1 Å². The molecule has 0 unspecified atom stereocenters. The number of hydrogen-bond donors (Lipinski definition) is 0. The lowest BCUT2D eigenvalue weighted by atomic mass is 9.70. The predicted octanol–water partition coefficient (Wildman–Crippen LogP) is 3.25. The number of nitro groups is 1. The van der Waals surface area contributed by atoms with Crippen LogP contribution < -0.4 is 4.74 Å². The van der Waals surface area contributed by atoms with E-state index in [1.54, 1.807) is 24.3 Å². The Hall–Kier alpha value is -2.44. The van der Waals surface area contributed by atoms with E-state index in [2.05, 4.69) is 20.8 Å². The van der Waals surface area contributed by atoms with E-state index in [1.165, 1.54) is 7.11 Å². The Balaban J connectivity index is 1.80. The van der Waals surface area contributed by atoms with Crippen LogP contribution in [0.25, 0.3) is 0 Å². The van der Waals surface area contributed by atoms with Crippen LogP contribution in [0, 0.1) is 26.9 Å². The van der Waals surface area contributed by atoms with Gasteiger partial charge in [0.05, 0.1) is 18.7 Å². The summed E-state index contributed by atoms with van der Waals surface area (Å²) >= 11 is 0. The van der Waals surface area contributed by atoms with E-state index in [0.29, 0.717) is 11.3 Å². The second kappa shape index (κ2) is 6.29. The Labute approximate surface area is 164 Å². The van der Waals surface area contributed by atoms with Gasteiger partial charge in [-0.25, -0.2) is 4.79 Å². The van der Waals surface area contributed by atoms with Gasteiger partial charge in [-0.2, -0.15) is 0 Å². The van der Waals surface area contributed by atoms with Crippen molar-refractivity contribution in [1.29, 1.82) is 0 Å². The molecule has 7 heteroatoms. The van der Waals surface area contributed by atoms with Crippen LogP contribution in [0.1, 0.15) is 45.1 Å². The largest absolute Gasteiger partial charge is 0.496 e. The molecule has 2 fully saturated rings. The first-order chi connectivity index (χ1) is 13.2. The number of esters is 1. The lowest BCUT2D eigenvalue weighted by Crippen LogP contribution is -2.47. The molecule has 1 aromatic rings. The molecule has 5 atom stereocenters. The zero-order valence-electron chi connectivity index (χ0n) is 16.7. The molecule has 0 aromatic heterocycles. The first kappa shape index (κ1) is 18.9. The topological polar surface area (TPSA) is 91.0 Å². The van der Waals surface area contributed by atoms with Crippen molar-refractivity contribution in [1.82, 2.24) is 0 Å². The van der Waals surface area contributed by atoms with E-state index >= 15 is 0 Å². The highest BCUT2D eigenvalue weighted by Gasteiger charge is 2.67. The van der Waals surface area contributed by atoms with Crippen molar-refractivity contribution in [2.45, 2.75) is 51.7 Å². The summed E-state index contributed by atoms with van der Waals surface area (Å²) in [7, 11) is 1.52. The maximum Gasteiger partial charge on any atom is 0.332 e. The molecular weight excluding hydrogens is 360 g/mol. The Morgan fingerprint density at radius 2 is 2.07 bits per heavy atom. The molecule has 0 saturated heterocycles. The van der Waals surface area contributed by atoms with Gasteiger partial charge in [-0.05, 0) is 24.3 Å². The molecule has 1 aliphatic heterocycles. The number of nitrogens with zero attached hydrogens (tertiary/aromatic N) is 2. The van der Waals surface area contributed by atoms with Gasteiger partial charge in [0.15, 0.2) is 6.04 Å². The third kappa shape index (κ3) is 2.48. The van der Waals surface area contributed by atoms with E-state index < -0.39 is 29.4 Å². The van der Waals surface area contributed by atoms with Gasteiger partial charge in [0.2, 0.25) is 6.54 Å². The summed E-state index contributed by atoms with van der Waals surface area (Å²) in [5, 5.41) is 11.4. The van der Waals surface area contributed by atoms with Gasteiger partial charge < -0.3 is 9.47 Å². The average Bonchev–Trinajstić information content (AvgIpc) is 2.97. The zero-order chi connectivity index (χ0) is 20.3. The molecule has 2 saturated carbocycles. The summed E-state index contributed by atoms with van der Waals surface area (Å²) in [5.41, 5.74) is 1.34. The lowest BCUT2D eigenvalue weighted by Gasteiger charge is -2.37. The molecule has 2 bridgehead atoms. The number of fused-ring (bicyclic) bond motifs is 5. The number of methoxy groups -OCH3 is 1. The molecule has 28 heavy (non-hydrogen) atoms. The number of carbonyl (C=O) groups is 1. The molecular formula is C21H26N2O5. The summed E-state index contributed by atoms with van der Waals surface area (Å²) in [6, 6.07) is 6.16. The molecule has 1 heterocycles. The van der Waals surface area contributed by atoms with Crippen molar-refractivity contribution in [3.05, 3.63) is 39.9 Å². The Kier molecular flexibility index (Phi) is 4.25. The maximum absolute atomic E-state index is 12.9. The van der Waals surface area contributed by atoms with Crippen LogP contribution in [0.4, 0.5) is 0 Å². The molecule has 2 aliphatic carbocycles.